The minimum atomic E-state index is 0.837. The molecular weight excluding hydrogens is 272 g/mol. The predicted molar refractivity (Wildman–Crippen MR) is 83.8 cm³/mol. The molecule has 1 saturated carbocycles. The fraction of sp³-hybridized carbons (Fsp3) is 0.467. The average Bonchev–Trinajstić information content (AvgIpc) is 2.92. The molecule has 0 radical (unpaired) electrons. The Morgan fingerprint density at radius 3 is 2.89 bits per heavy atom. The van der Waals surface area contributed by atoms with Crippen LogP contribution in [0.5, 0.6) is 0 Å². The summed E-state index contributed by atoms with van der Waals surface area (Å²) in [5.74, 6) is 0. The van der Waals surface area contributed by atoms with E-state index in [1.54, 1.807) is 11.3 Å². The number of nitrogens with zero attached hydrogens (tertiary/aromatic N) is 1. The van der Waals surface area contributed by atoms with Crippen molar-refractivity contribution in [1.29, 1.82) is 0 Å². The van der Waals surface area contributed by atoms with Gasteiger partial charge < -0.3 is 5.32 Å². The number of hydrogen-bond acceptors (Lipinski definition) is 4. The molecular formula is C15H20N2S2. The lowest BCUT2D eigenvalue weighted by Gasteiger charge is -2.21. The summed E-state index contributed by atoms with van der Waals surface area (Å²) in [6, 6.07) is 7.40. The number of thiophene rings is 2. The second-order valence-electron chi connectivity index (χ2n) is 5.09. The molecule has 0 spiro atoms. The summed E-state index contributed by atoms with van der Waals surface area (Å²) >= 11 is 3.63. The molecule has 3 rings (SSSR count). The Labute approximate surface area is 123 Å². The molecule has 0 aromatic carbocycles. The van der Waals surface area contributed by atoms with E-state index < -0.39 is 0 Å². The molecule has 0 bridgehead atoms. The highest BCUT2D eigenvalue weighted by molar-refractivity contribution is 7.09. The zero-order valence-electron chi connectivity index (χ0n) is 11.0. The third-order valence-electron chi connectivity index (χ3n) is 3.48. The van der Waals surface area contributed by atoms with Crippen molar-refractivity contribution >= 4 is 22.7 Å². The van der Waals surface area contributed by atoms with Gasteiger partial charge in [0.1, 0.15) is 0 Å². The Morgan fingerprint density at radius 2 is 2.21 bits per heavy atom. The molecule has 1 N–H and O–H groups in total. The lowest BCUT2D eigenvalue weighted by molar-refractivity contribution is 0.254. The smallest absolute Gasteiger partial charge is 0.0300 e. The molecule has 0 saturated heterocycles. The summed E-state index contributed by atoms with van der Waals surface area (Å²) in [6.07, 6.45) is 2.77. The Kier molecular flexibility index (Phi) is 4.66. The molecule has 4 heteroatoms. The Morgan fingerprint density at radius 1 is 1.26 bits per heavy atom. The van der Waals surface area contributed by atoms with Crippen LogP contribution in [0.15, 0.2) is 34.3 Å². The minimum Gasteiger partial charge on any atom is -0.311 e. The molecule has 1 aliphatic carbocycles. The first-order chi connectivity index (χ1) is 9.42. The molecule has 0 atom stereocenters. The average molecular weight is 292 g/mol. The van der Waals surface area contributed by atoms with Gasteiger partial charge in [-0.25, -0.2) is 0 Å². The van der Waals surface area contributed by atoms with Gasteiger partial charge in [-0.1, -0.05) is 6.07 Å². The highest BCUT2D eigenvalue weighted by Crippen LogP contribution is 2.28. The van der Waals surface area contributed by atoms with Gasteiger partial charge in [-0.2, -0.15) is 11.3 Å². The van der Waals surface area contributed by atoms with E-state index in [1.165, 1.54) is 23.3 Å². The number of hydrogen-bond donors (Lipinski definition) is 1. The van der Waals surface area contributed by atoms with Gasteiger partial charge in [0.15, 0.2) is 0 Å². The van der Waals surface area contributed by atoms with Crippen LogP contribution in [0.1, 0.15) is 23.3 Å². The van der Waals surface area contributed by atoms with Gasteiger partial charge >= 0.3 is 0 Å². The molecule has 0 aliphatic heterocycles. The van der Waals surface area contributed by atoms with E-state index >= 15 is 0 Å². The van der Waals surface area contributed by atoms with Crippen LogP contribution >= 0.6 is 22.7 Å². The lowest BCUT2D eigenvalue weighted by atomic mass is 10.3. The Bertz CT molecular complexity index is 460. The summed E-state index contributed by atoms with van der Waals surface area (Å²) in [6.45, 7) is 4.37. The molecule has 102 valence electrons. The van der Waals surface area contributed by atoms with Crippen LogP contribution in [0.3, 0.4) is 0 Å². The number of rotatable bonds is 8. The van der Waals surface area contributed by atoms with Gasteiger partial charge in [0.05, 0.1) is 0 Å². The van der Waals surface area contributed by atoms with E-state index in [2.05, 4.69) is 44.6 Å². The quantitative estimate of drug-likeness (QED) is 0.748. The van der Waals surface area contributed by atoms with Crippen LogP contribution in [-0.4, -0.2) is 24.0 Å². The minimum absolute atomic E-state index is 0.837. The number of nitrogens with one attached hydrogen (secondary N) is 1. The third kappa shape index (κ3) is 4.14. The van der Waals surface area contributed by atoms with Crippen LogP contribution in [0.4, 0.5) is 0 Å². The van der Waals surface area contributed by atoms with Crippen molar-refractivity contribution in [3.63, 3.8) is 0 Å². The molecule has 1 fully saturated rings. The maximum absolute atomic E-state index is 3.55. The second kappa shape index (κ2) is 6.66. The standard InChI is InChI=1S/C15H20N2S2/c1-2-15(19-8-1)10-16-6-7-17(14-3-4-14)11-13-5-9-18-12-13/h1-2,5,8-9,12,14,16H,3-4,6-7,10-11H2. The topological polar surface area (TPSA) is 15.3 Å². The van der Waals surface area contributed by atoms with Crippen LogP contribution in [0, 0.1) is 0 Å². The van der Waals surface area contributed by atoms with E-state index in [4.69, 9.17) is 0 Å². The van der Waals surface area contributed by atoms with Crippen molar-refractivity contribution in [3.05, 3.63) is 44.8 Å². The van der Waals surface area contributed by atoms with Crippen molar-refractivity contribution in [3.8, 4) is 0 Å². The highest BCUT2D eigenvalue weighted by Gasteiger charge is 2.28. The first-order valence-corrected chi connectivity index (χ1v) is 8.72. The lowest BCUT2D eigenvalue weighted by Crippen LogP contribution is -2.33. The fourth-order valence-electron chi connectivity index (χ4n) is 2.29. The summed E-state index contributed by atoms with van der Waals surface area (Å²) in [5, 5.41) is 10.1. The highest BCUT2D eigenvalue weighted by atomic mass is 32.1. The van der Waals surface area contributed by atoms with Gasteiger partial charge in [-0.15, -0.1) is 11.3 Å². The SMILES string of the molecule is c1csc(CNCCN(Cc2ccsc2)C2CC2)c1. The van der Waals surface area contributed by atoms with Gasteiger partial charge in [-0.3, -0.25) is 4.90 Å². The summed E-state index contributed by atoms with van der Waals surface area (Å²) < 4.78 is 0. The zero-order valence-corrected chi connectivity index (χ0v) is 12.7. The van der Waals surface area contributed by atoms with Crippen LogP contribution < -0.4 is 5.32 Å². The maximum atomic E-state index is 3.55. The van der Waals surface area contributed by atoms with E-state index in [9.17, 15) is 0 Å². The van der Waals surface area contributed by atoms with Crippen molar-refractivity contribution in [2.24, 2.45) is 0 Å². The van der Waals surface area contributed by atoms with Gasteiger partial charge in [-0.05, 0) is 46.7 Å². The van der Waals surface area contributed by atoms with Crippen LogP contribution in [-0.2, 0) is 13.1 Å². The van der Waals surface area contributed by atoms with Crippen molar-refractivity contribution < 1.29 is 0 Å². The van der Waals surface area contributed by atoms with Crippen LogP contribution in [0.2, 0.25) is 0 Å². The van der Waals surface area contributed by atoms with E-state index in [1.807, 2.05) is 11.3 Å². The second-order valence-corrected chi connectivity index (χ2v) is 6.90. The molecule has 19 heavy (non-hydrogen) atoms. The first kappa shape index (κ1) is 13.3. The predicted octanol–water partition coefficient (Wildman–Crippen LogP) is 3.56. The summed E-state index contributed by atoms with van der Waals surface area (Å²) in [7, 11) is 0. The molecule has 2 aromatic heterocycles. The molecule has 2 heterocycles. The van der Waals surface area contributed by atoms with Gasteiger partial charge in [0.25, 0.3) is 0 Å². The van der Waals surface area contributed by atoms with Crippen molar-refractivity contribution in [2.45, 2.75) is 32.0 Å². The Hall–Kier alpha value is -0.680. The monoisotopic (exact) mass is 292 g/mol. The molecule has 1 aliphatic rings. The van der Waals surface area contributed by atoms with Gasteiger partial charge in [0, 0.05) is 37.1 Å². The molecule has 2 aromatic rings. The van der Waals surface area contributed by atoms with Crippen molar-refractivity contribution in [2.75, 3.05) is 13.1 Å². The fourth-order valence-corrected chi connectivity index (χ4v) is 3.63. The molecule has 0 amide bonds. The van der Waals surface area contributed by atoms with E-state index in [0.29, 0.717) is 0 Å². The molecule has 2 nitrogen and oxygen atoms in total. The Balaban J connectivity index is 1.41. The van der Waals surface area contributed by atoms with Crippen LogP contribution in [0.25, 0.3) is 0 Å². The maximum Gasteiger partial charge on any atom is 0.0300 e. The largest absolute Gasteiger partial charge is 0.311 e. The van der Waals surface area contributed by atoms with E-state index in [0.717, 1.165) is 32.2 Å². The zero-order chi connectivity index (χ0) is 12.9. The normalized spacial score (nSPS) is 15.2. The molecule has 0 unspecified atom stereocenters. The van der Waals surface area contributed by atoms with Crippen molar-refractivity contribution in [1.82, 2.24) is 10.2 Å². The summed E-state index contributed by atoms with van der Waals surface area (Å²) in [4.78, 5) is 4.06. The van der Waals surface area contributed by atoms with E-state index in [-0.39, 0.29) is 0 Å². The first-order valence-electron chi connectivity index (χ1n) is 6.90. The summed E-state index contributed by atoms with van der Waals surface area (Å²) in [5.41, 5.74) is 1.47. The third-order valence-corrected chi connectivity index (χ3v) is 5.09. The van der Waals surface area contributed by atoms with Gasteiger partial charge in [0.2, 0.25) is 0 Å².